The number of nitrogens with zero attached hydrogens (tertiary/aromatic N) is 3. The highest BCUT2D eigenvalue weighted by atomic mass is 19.1. The molecule has 7 heteroatoms. The van der Waals surface area contributed by atoms with Crippen LogP contribution in [0.3, 0.4) is 0 Å². The Morgan fingerprint density at radius 1 is 0.867 bits per heavy atom. The third-order valence-electron chi connectivity index (χ3n) is 6.83. The Kier molecular flexibility index (Phi) is 6.87. The second-order valence-electron chi connectivity index (χ2n) is 8.83. The number of urea groups is 1. The van der Waals surface area contributed by atoms with Gasteiger partial charge in [0.15, 0.2) is 0 Å². The molecule has 3 amide bonds. The van der Waals surface area contributed by atoms with Crippen LogP contribution in [-0.4, -0.2) is 78.0 Å². The fourth-order valence-electron chi connectivity index (χ4n) is 5.09. The van der Waals surface area contributed by atoms with Crippen molar-refractivity contribution in [3.8, 4) is 0 Å². The van der Waals surface area contributed by atoms with Gasteiger partial charge < -0.3 is 15.1 Å². The highest BCUT2D eigenvalue weighted by molar-refractivity contribution is 5.94. The lowest BCUT2D eigenvalue weighted by atomic mass is 9.92. The van der Waals surface area contributed by atoms with E-state index >= 15 is 0 Å². The molecule has 0 spiro atoms. The molecule has 164 valence electrons. The zero-order valence-electron chi connectivity index (χ0n) is 17.7. The number of nitrogens with one attached hydrogen (secondary N) is 1. The predicted octanol–water partition coefficient (Wildman–Crippen LogP) is 3.09. The largest absolute Gasteiger partial charge is 0.335 e. The van der Waals surface area contributed by atoms with Gasteiger partial charge >= 0.3 is 6.03 Å². The lowest BCUT2D eigenvalue weighted by Crippen LogP contribution is -2.57. The van der Waals surface area contributed by atoms with Crippen molar-refractivity contribution in [3.05, 3.63) is 35.6 Å². The van der Waals surface area contributed by atoms with Crippen LogP contribution in [-0.2, 0) is 0 Å². The van der Waals surface area contributed by atoms with Gasteiger partial charge in [-0.05, 0) is 44.4 Å². The van der Waals surface area contributed by atoms with Crippen molar-refractivity contribution >= 4 is 11.9 Å². The molecule has 0 aromatic heterocycles. The Bertz CT molecular complexity index is 744. The third-order valence-corrected chi connectivity index (χ3v) is 6.83. The minimum Gasteiger partial charge on any atom is -0.335 e. The molecule has 3 fully saturated rings. The van der Waals surface area contributed by atoms with Gasteiger partial charge in [0, 0.05) is 44.8 Å². The molecule has 4 rings (SSSR count). The average Bonchev–Trinajstić information content (AvgIpc) is 2.80. The lowest BCUT2D eigenvalue weighted by Gasteiger charge is -2.41. The van der Waals surface area contributed by atoms with Crippen molar-refractivity contribution in [2.45, 2.75) is 57.0 Å². The van der Waals surface area contributed by atoms with Gasteiger partial charge in [-0.25, -0.2) is 9.18 Å². The Balaban J connectivity index is 1.25. The normalized spacial score (nSPS) is 24.0. The van der Waals surface area contributed by atoms with E-state index < -0.39 is 5.82 Å². The van der Waals surface area contributed by atoms with E-state index in [-0.39, 0.29) is 23.5 Å². The standard InChI is InChI=1S/C23H33FN4O2/c24-21-11-5-4-10-20(21)22(29)26-13-15-27(16-14-26)23(30)25-18-7-6-12-28(17-18)19-8-2-1-3-9-19/h4-5,10-11,18-19H,1-3,6-9,12-17H2,(H,25,30). The summed E-state index contributed by atoms with van der Waals surface area (Å²) in [5, 5.41) is 3.22. The first-order valence-electron chi connectivity index (χ1n) is 11.4. The van der Waals surface area contributed by atoms with Crippen LogP contribution in [0.15, 0.2) is 24.3 Å². The molecule has 1 atom stereocenters. The number of hydrogen-bond donors (Lipinski definition) is 1. The van der Waals surface area contributed by atoms with Crippen molar-refractivity contribution in [2.75, 3.05) is 39.3 Å². The minimum atomic E-state index is -0.498. The summed E-state index contributed by atoms with van der Waals surface area (Å²) in [4.78, 5) is 31.3. The van der Waals surface area contributed by atoms with Crippen LogP contribution >= 0.6 is 0 Å². The van der Waals surface area contributed by atoms with Crippen molar-refractivity contribution in [2.24, 2.45) is 0 Å². The summed E-state index contributed by atoms with van der Waals surface area (Å²) in [6.45, 7) is 3.91. The maximum absolute atomic E-state index is 13.9. The molecule has 2 saturated heterocycles. The molecule has 2 heterocycles. The first-order valence-corrected chi connectivity index (χ1v) is 11.4. The summed E-state index contributed by atoms with van der Waals surface area (Å²) in [6, 6.07) is 6.91. The molecule has 30 heavy (non-hydrogen) atoms. The number of halogens is 1. The topological polar surface area (TPSA) is 55.9 Å². The van der Waals surface area contributed by atoms with E-state index in [1.54, 1.807) is 21.9 Å². The van der Waals surface area contributed by atoms with Crippen LogP contribution in [0.4, 0.5) is 9.18 Å². The van der Waals surface area contributed by atoms with E-state index in [1.165, 1.54) is 44.2 Å². The molecule has 0 bridgehead atoms. The van der Waals surface area contributed by atoms with Crippen molar-refractivity contribution in [3.63, 3.8) is 0 Å². The third kappa shape index (κ3) is 4.94. The fourth-order valence-corrected chi connectivity index (χ4v) is 5.09. The molecule has 1 saturated carbocycles. The highest BCUT2D eigenvalue weighted by Crippen LogP contribution is 2.25. The summed E-state index contributed by atoms with van der Waals surface area (Å²) in [5.41, 5.74) is 0.0976. The molecule has 2 aliphatic heterocycles. The molecule has 1 unspecified atom stereocenters. The lowest BCUT2D eigenvalue weighted by molar-refractivity contribution is 0.0651. The number of piperidine rings is 1. The zero-order valence-corrected chi connectivity index (χ0v) is 17.7. The SMILES string of the molecule is O=C(NC1CCCN(C2CCCCC2)C1)N1CCN(C(=O)c2ccccc2F)CC1. The quantitative estimate of drug-likeness (QED) is 0.824. The number of amides is 3. The molecular weight excluding hydrogens is 383 g/mol. The number of piperazine rings is 1. The molecule has 1 aromatic rings. The fraction of sp³-hybridized carbons (Fsp3) is 0.652. The van der Waals surface area contributed by atoms with Crippen LogP contribution < -0.4 is 5.32 Å². The molecule has 1 N–H and O–H groups in total. The average molecular weight is 417 g/mol. The van der Waals surface area contributed by atoms with E-state index in [9.17, 15) is 14.0 Å². The number of hydrogen-bond acceptors (Lipinski definition) is 3. The van der Waals surface area contributed by atoms with Gasteiger partial charge in [-0.1, -0.05) is 31.4 Å². The van der Waals surface area contributed by atoms with Crippen molar-refractivity contribution < 1.29 is 14.0 Å². The van der Waals surface area contributed by atoms with Gasteiger partial charge in [-0.3, -0.25) is 9.69 Å². The van der Waals surface area contributed by atoms with Crippen LogP contribution in [0.2, 0.25) is 0 Å². The van der Waals surface area contributed by atoms with Gasteiger partial charge in [-0.2, -0.15) is 0 Å². The second-order valence-corrected chi connectivity index (χ2v) is 8.83. The maximum Gasteiger partial charge on any atom is 0.317 e. The Hall–Kier alpha value is -2.15. The Morgan fingerprint density at radius 2 is 1.57 bits per heavy atom. The molecule has 1 aliphatic carbocycles. The Morgan fingerprint density at radius 3 is 2.30 bits per heavy atom. The van der Waals surface area contributed by atoms with Gasteiger partial charge in [0.2, 0.25) is 0 Å². The van der Waals surface area contributed by atoms with E-state index in [0.717, 1.165) is 25.9 Å². The smallest absolute Gasteiger partial charge is 0.317 e. The van der Waals surface area contributed by atoms with Crippen molar-refractivity contribution in [1.82, 2.24) is 20.0 Å². The van der Waals surface area contributed by atoms with E-state index in [0.29, 0.717) is 32.2 Å². The van der Waals surface area contributed by atoms with Gasteiger partial charge in [0.25, 0.3) is 5.91 Å². The Labute approximate surface area is 178 Å². The minimum absolute atomic E-state index is 0.0384. The van der Waals surface area contributed by atoms with Crippen LogP contribution in [0.5, 0.6) is 0 Å². The number of rotatable bonds is 3. The summed E-state index contributed by atoms with van der Waals surface area (Å²) in [5.74, 6) is -0.800. The first-order chi connectivity index (χ1) is 14.6. The van der Waals surface area contributed by atoms with Gasteiger partial charge in [-0.15, -0.1) is 0 Å². The number of carbonyl (C=O) groups excluding carboxylic acids is 2. The number of benzene rings is 1. The molecule has 1 aromatic carbocycles. The predicted molar refractivity (Wildman–Crippen MR) is 114 cm³/mol. The summed E-state index contributed by atoms with van der Waals surface area (Å²) in [6.07, 6.45) is 8.75. The monoisotopic (exact) mass is 416 g/mol. The zero-order chi connectivity index (χ0) is 20.9. The summed E-state index contributed by atoms with van der Waals surface area (Å²) in [7, 11) is 0. The van der Waals surface area contributed by atoms with Crippen molar-refractivity contribution in [1.29, 1.82) is 0 Å². The van der Waals surface area contributed by atoms with Gasteiger partial charge in [0.1, 0.15) is 5.82 Å². The van der Waals surface area contributed by atoms with Crippen LogP contribution in [0, 0.1) is 5.82 Å². The van der Waals surface area contributed by atoms with E-state index in [2.05, 4.69) is 10.2 Å². The maximum atomic E-state index is 13.9. The molecular formula is C23H33FN4O2. The van der Waals surface area contributed by atoms with Crippen LogP contribution in [0.25, 0.3) is 0 Å². The second kappa shape index (κ2) is 9.77. The number of likely N-dealkylation sites (tertiary alicyclic amines) is 1. The first kappa shape index (κ1) is 21.1. The molecule has 6 nitrogen and oxygen atoms in total. The van der Waals surface area contributed by atoms with E-state index in [4.69, 9.17) is 0 Å². The van der Waals surface area contributed by atoms with Gasteiger partial charge in [0.05, 0.1) is 5.56 Å². The molecule has 3 aliphatic rings. The van der Waals surface area contributed by atoms with Crippen LogP contribution in [0.1, 0.15) is 55.3 Å². The number of carbonyl (C=O) groups is 2. The highest BCUT2D eigenvalue weighted by Gasteiger charge is 2.30. The summed E-state index contributed by atoms with van der Waals surface area (Å²) < 4.78 is 13.9. The summed E-state index contributed by atoms with van der Waals surface area (Å²) >= 11 is 0. The molecule has 0 radical (unpaired) electrons. The van der Waals surface area contributed by atoms with E-state index in [1.807, 2.05) is 0 Å².